The molecule has 2 unspecified atom stereocenters. The number of carbonyl (C=O) groups excluding carboxylic acids is 3. The summed E-state index contributed by atoms with van der Waals surface area (Å²) in [6.45, 7) is 3.62. The summed E-state index contributed by atoms with van der Waals surface area (Å²) in [6.07, 6.45) is 5.13. The summed E-state index contributed by atoms with van der Waals surface area (Å²) in [4.78, 5) is 45.0. The smallest absolute Gasteiger partial charge is 0.329 e. The van der Waals surface area contributed by atoms with Gasteiger partial charge in [0.05, 0.1) is 11.3 Å². The largest absolute Gasteiger partial charge is 0.451 e. The van der Waals surface area contributed by atoms with Crippen molar-refractivity contribution in [3.8, 4) is 0 Å². The van der Waals surface area contributed by atoms with Crippen molar-refractivity contribution in [3.63, 3.8) is 0 Å². The molecule has 0 N–H and O–H groups in total. The molecule has 0 aliphatic carbocycles. The number of benzene rings is 4. The zero-order valence-corrected chi connectivity index (χ0v) is 31.2. The molecule has 0 bridgehead atoms. The first kappa shape index (κ1) is 37.1. The van der Waals surface area contributed by atoms with Crippen molar-refractivity contribution >= 4 is 39.2 Å². The molecule has 2 aliphatic heterocycles. The summed E-state index contributed by atoms with van der Waals surface area (Å²) in [5.41, 5.74) is 5.43. The van der Waals surface area contributed by atoms with E-state index in [-0.39, 0.29) is 34.9 Å². The van der Waals surface area contributed by atoms with Crippen molar-refractivity contribution in [1.29, 1.82) is 0 Å². The van der Waals surface area contributed by atoms with Gasteiger partial charge in [-0.1, -0.05) is 139 Å². The van der Waals surface area contributed by atoms with Crippen LogP contribution in [0.15, 0.2) is 145 Å². The van der Waals surface area contributed by atoms with E-state index < -0.39 is 12.1 Å². The van der Waals surface area contributed by atoms with E-state index in [0.29, 0.717) is 12.8 Å². The Morgan fingerprint density at radius 3 is 2.06 bits per heavy atom. The first-order chi connectivity index (χ1) is 25.4. The van der Waals surface area contributed by atoms with Gasteiger partial charge in [-0.05, 0) is 89.8 Å². The molecule has 0 radical (unpaired) electrons. The molecule has 52 heavy (non-hydrogen) atoms. The lowest BCUT2D eigenvalue weighted by Gasteiger charge is -2.41. The molecule has 1 saturated heterocycles. The number of fused-ring (bicyclic) bond motifs is 3. The predicted molar refractivity (Wildman–Crippen MR) is 210 cm³/mol. The number of aromatic nitrogens is 1. The molecule has 0 spiro atoms. The quantitative estimate of drug-likeness (QED) is 0.105. The highest BCUT2D eigenvalue weighted by molar-refractivity contribution is 8.77. The van der Waals surface area contributed by atoms with Crippen molar-refractivity contribution in [2.45, 2.75) is 74.4 Å². The maximum Gasteiger partial charge on any atom is 0.329 e. The maximum absolute atomic E-state index is 13.7. The number of rotatable bonds is 10. The van der Waals surface area contributed by atoms with Gasteiger partial charge in [0.15, 0.2) is 6.10 Å². The molecule has 266 valence electrons. The van der Waals surface area contributed by atoms with Crippen molar-refractivity contribution in [2.75, 3.05) is 0 Å². The van der Waals surface area contributed by atoms with Crippen LogP contribution in [0.5, 0.6) is 0 Å². The third kappa shape index (κ3) is 9.41. The Kier molecular flexibility index (Phi) is 13.0. The number of pyridine rings is 1. The molecule has 8 heteroatoms. The summed E-state index contributed by atoms with van der Waals surface area (Å²) >= 11 is 0. The van der Waals surface area contributed by atoms with Gasteiger partial charge in [-0.3, -0.25) is 9.59 Å². The van der Waals surface area contributed by atoms with E-state index in [2.05, 4.69) is 29.2 Å². The van der Waals surface area contributed by atoms with Crippen LogP contribution in [-0.4, -0.2) is 38.8 Å². The van der Waals surface area contributed by atoms with Crippen molar-refractivity contribution in [3.05, 3.63) is 167 Å². The molecular weight excluding hydrogens is 685 g/mol. The van der Waals surface area contributed by atoms with E-state index in [0.717, 1.165) is 35.4 Å². The Hall–Kier alpha value is -4.66. The third-order valence-electron chi connectivity index (χ3n) is 9.56. The molecule has 3 heterocycles. The number of ether oxygens (including phenoxy) is 1. The second kappa shape index (κ2) is 18.2. The number of Topliss-reactive ketones (excluding diaryl/α,β-unsaturated/α-hetero) is 1. The predicted octanol–water partition coefficient (Wildman–Crippen LogP) is 9.66. The number of ketones is 1. The van der Waals surface area contributed by atoms with Crippen molar-refractivity contribution in [1.82, 2.24) is 9.88 Å². The molecule has 2 aliphatic rings. The van der Waals surface area contributed by atoms with Gasteiger partial charge in [0, 0.05) is 12.1 Å². The summed E-state index contributed by atoms with van der Waals surface area (Å²) in [7, 11) is 3.14. The summed E-state index contributed by atoms with van der Waals surface area (Å²) in [5, 5.41) is 0.904. The van der Waals surface area contributed by atoms with Crippen LogP contribution >= 0.6 is 21.6 Å². The van der Waals surface area contributed by atoms with Crippen LogP contribution in [0.2, 0.25) is 0 Å². The second-order valence-electron chi connectivity index (χ2n) is 13.3. The summed E-state index contributed by atoms with van der Waals surface area (Å²) in [5.74, 6) is -0.230. The number of piperidine rings is 1. The van der Waals surface area contributed by atoms with Gasteiger partial charge in [0.25, 0.3) is 0 Å². The average molecular weight is 729 g/mol. The van der Waals surface area contributed by atoms with E-state index in [9.17, 15) is 14.4 Å². The van der Waals surface area contributed by atoms with Gasteiger partial charge in [-0.2, -0.15) is 0 Å². The molecule has 6 nitrogen and oxygen atoms in total. The second-order valence-corrected chi connectivity index (χ2v) is 15.7. The lowest BCUT2D eigenvalue weighted by atomic mass is 9.89. The van der Waals surface area contributed by atoms with Crippen LogP contribution in [0.25, 0.3) is 0 Å². The van der Waals surface area contributed by atoms with Crippen LogP contribution in [0, 0.1) is 5.92 Å². The van der Waals surface area contributed by atoms with Gasteiger partial charge in [0.2, 0.25) is 5.91 Å². The number of hydrogen-bond donors (Lipinski definition) is 0. The third-order valence-corrected chi connectivity index (χ3v) is 12.3. The highest BCUT2D eigenvalue weighted by Crippen LogP contribution is 2.41. The Labute approximate surface area is 314 Å². The molecular formula is C44H44N2O4S2. The molecule has 0 saturated carbocycles. The Morgan fingerprint density at radius 2 is 1.42 bits per heavy atom. The first-order valence-electron chi connectivity index (χ1n) is 17.9. The monoisotopic (exact) mass is 728 g/mol. The summed E-state index contributed by atoms with van der Waals surface area (Å²) in [6, 6.07) is 43.2. The van der Waals surface area contributed by atoms with Gasteiger partial charge in [-0.15, -0.1) is 0 Å². The van der Waals surface area contributed by atoms with E-state index in [1.807, 2.05) is 121 Å². The number of hydrogen-bond acceptors (Lipinski definition) is 7. The molecule has 1 aromatic heterocycles. The number of carbonyl (C=O) groups is 3. The van der Waals surface area contributed by atoms with E-state index in [4.69, 9.17) is 4.74 Å². The minimum Gasteiger partial charge on any atom is -0.451 e. The van der Waals surface area contributed by atoms with Gasteiger partial charge in [-0.25, -0.2) is 9.78 Å². The fourth-order valence-corrected chi connectivity index (χ4v) is 9.32. The van der Waals surface area contributed by atoms with Gasteiger partial charge >= 0.3 is 5.97 Å². The zero-order chi connectivity index (χ0) is 36.3. The van der Waals surface area contributed by atoms with Crippen molar-refractivity contribution in [2.24, 2.45) is 5.92 Å². The van der Waals surface area contributed by atoms with Crippen LogP contribution in [-0.2, 0) is 32.0 Å². The molecule has 1 fully saturated rings. The fourth-order valence-electron chi connectivity index (χ4n) is 6.92. The minimum absolute atomic E-state index is 0.0330. The molecule has 5 aromatic rings. The van der Waals surface area contributed by atoms with Crippen molar-refractivity contribution < 1.29 is 19.1 Å². The molecule has 4 aromatic carbocycles. The molecule has 4 atom stereocenters. The number of amides is 1. The highest BCUT2D eigenvalue weighted by atomic mass is 33.1. The van der Waals surface area contributed by atoms with E-state index >= 15 is 0 Å². The van der Waals surface area contributed by atoms with Gasteiger partial charge in [0.1, 0.15) is 16.9 Å². The van der Waals surface area contributed by atoms with Crippen LogP contribution in [0.3, 0.4) is 0 Å². The van der Waals surface area contributed by atoms with E-state index in [1.54, 1.807) is 34.7 Å². The number of esters is 1. The summed E-state index contributed by atoms with van der Waals surface area (Å²) < 4.78 is 6.19. The topological polar surface area (TPSA) is 76.6 Å². The molecule has 7 rings (SSSR count). The number of nitrogens with zero attached hydrogens (tertiary/aromatic N) is 2. The van der Waals surface area contributed by atoms with Gasteiger partial charge < -0.3 is 9.64 Å². The van der Waals surface area contributed by atoms with Crippen LogP contribution < -0.4 is 0 Å². The maximum atomic E-state index is 13.7. The Balaban J connectivity index is 0.000000208. The van der Waals surface area contributed by atoms with Crippen LogP contribution in [0.1, 0.15) is 73.1 Å². The molecule has 1 amide bonds. The average Bonchev–Trinajstić information content (AvgIpc) is 3.30. The normalized spacial score (nSPS) is 18.6. The first-order valence-corrected chi connectivity index (χ1v) is 20.1. The fraction of sp³-hybridized carbons (Fsp3) is 0.273. The SMILES string of the molecule is CC(=O)[C@H](Cc1ccccc1)SSc1ccccn1.C[C@H]1Cc2ccccc2C2CCCC(C(=O)OC(c3ccccc3)c3ccccc3)N2C1=O. The Bertz CT molecular complexity index is 1870. The lowest BCUT2D eigenvalue weighted by molar-refractivity contribution is -0.164. The lowest BCUT2D eigenvalue weighted by Crippen LogP contribution is -2.51. The minimum atomic E-state index is -0.570. The van der Waals surface area contributed by atoms with Crippen LogP contribution in [0.4, 0.5) is 0 Å². The highest BCUT2D eigenvalue weighted by Gasteiger charge is 2.44. The van der Waals surface area contributed by atoms with E-state index in [1.165, 1.54) is 16.7 Å². The Morgan fingerprint density at radius 1 is 0.808 bits per heavy atom. The zero-order valence-electron chi connectivity index (χ0n) is 29.5. The standard InChI is InChI=1S/C29H29NO3.C15H15NOS2/c1-20-19-23-15-8-9-16-24(23)25-17-10-18-26(30(25)28(20)31)29(32)33-27(21-11-4-2-5-12-21)22-13-6-3-7-14-22;1-12(17)14(11-13-7-3-2-4-8-13)18-19-15-9-5-6-10-16-15/h2-9,11-16,20,25-27H,10,17-19H2,1H3;2-10,14H,11H2,1H3/t20-,25?,26?;14-/m00/s1.